The number of anilines is 4. The van der Waals surface area contributed by atoms with Gasteiger partial charge < -0.3 is 21.7 Å². The van der Waals surface area contributed by atoms with Crippen molar-refractivity contribution in [2.45, 2.75) is 45.1 Å². The second kappa shape index (κ2) is 8.83. The molecule has 0 unspecified atom stereocenters. The molecular formula is C25H28BrClN4O3. The van der Waals surface area contributed by atoms with Gasteiger partial charge in [-0.25, -0.2) is 0 Å². The van der Waals surface area contributed by atoms with Gasteiger partial charge in [0.2, 0.25) is 5.91 Å². The molecule has 0 atom stereocenters. The van der Waals surface area contributed by atoms with Crippen molar-refractivity contribution in [3.63, 3.8) is 0 Å². The molecule has 34 heavy (non-hydrogen) atoms. The molecule has 2 aliphatic rings. The van der Waals surface area contributed by atoms with Gasteiger partial charge in [0.25, 0.3) is 10.9 Å². The summed E-state index contributed by atoms with van der Waals surface area (Å²) in [7, 11) is 0. The van der Waals surface area contributed by atoms with E-state index in [0.717, 1.165) is 32.5 Å². The van der Waals surface area contributed by atoms with Crippen LogP contribution in [0.15, 0.2) is 50.5 Å². The molecule has 7 nitrogen and oxygen atoms in total. The number of fused-ring (bicyclic) bond motifs is 2. The Labute approximate surface area is 212 Å². The number of halogens is 2. The molecule has 0 bridgehead atoms. The average molecular weight is 548 g/mol. The number of carbonyl (C=O) groups is 1. The van der Waals surface area contributed by atoms with Gasteiger partial charge >= 0.3 is 0 Å². The highest BCUT2D eigenvalue weighted by atomic mass is 79.9. The second-order valence-corrected chi connectivity index (χ2v) is 10.6. The standard InChI is InChI=1S/C15H17N3O2.C10H10BrNO.ClH/c1-15(2)7-18(12-11(17)13(19)14(12)20)10-5-8(6-16)3-4-9(10)15;1-10(2)7-4-3-6(11)5-8(7)12-9(10)13;/h3-5H,6-7,16-17H2,1-2H3;3-5H,1-2H3,(H,12,13);1H. The zero-order chi connectivity index (χ0) is 24.3. The van der Waals surface area contributed by atoms with Crippen molar-refractivity contribution >= 4 is 57.0 Å². The highest BCUT2D eigenvalue weighted by Gasteiger charge is 2.39. The molecule has 5 rings (SSSR count). The summed E-state index contributed by atoms with van der Waals surface area (Å²) in [6, 6.07) is 11.9. The predicted molar refractivity (Wildman–Crippen MR) is 143 cm³/mol. The summed E-state index contributed by atoms with van der Waals surface area (Å²) in [6.07, 6.45) is 0. The van der Waals surface area contributed by atoms with E-state index in [1.54, 1.807) is 0 Å². The maximum atomic E-state index is 11.8. The Morgan fingerprint density at radius 1 is 1.00 bits per heavy atom. The van der Waals surface area contributed by atoms with Gasteiger partial charge in [0.05, 0.1) is 5.41 Å². The van der Waals surface area contributed by atoms with Crippen LogP contribution >= 0.6 is 28.3 Å². The fourth-order valence-corrected chi connectivity index (χ4v) is 4.86. The van der Waals surface area contributed by atoms with Crippen molar-refractivity contribution in [1.82, 2.24) is 0 Å². The maximum absolute atomic E-state index is 11.8. The third-order valence-corrected chi connectivity index (χ3v) is 7.03. The Hall–Kier alpha value is -2.68. The van der Waals surface area contributed by atoms with Crippen LogP contribution in [0.4, 0.5) is 22.7 Å². The van der Waals surface area contributed by atoms with E-state index in [0.29, 0.717) is 18.8 Å². The van der Waals surface area contributed by atoms with Gasteiger partial charge in [0.1, 0.15) is 11.4 Å². The number of carbonyl (C=O) groups excluding carboxylic acids is 1. The van der Waals surface area contributed by atoms with E-state index in [2.05, 4.69) is 35.1 Å². The SMILES string of the molecule is CC1(C)C(=O)Nc2cc(Br)ccc21.CC1(C)CN(c2c(N)c(=O)c2=O)c2cc(CN)ccc21.Cl. The van der Waals surface area contributed by atoms with Crippen LogP contribution in [-0.2, 0) is 22.2 Å². The Bertz CT molecular complexity index is 1360. The molecule has 0 aliphatic carbocycles. The van der Waals surface area contributed by atoms with Gasteiger partial charge in [-0.1, -0.05) is 48.0 Å². The number of nitrogens with two attached hydrogens (primary N) is 2. The summed E-state index contributed by atoms with van der Waals surface area (Å²) >= 11 is 3.37. The van der Waals surface area contributed by atoms with Crippen molar-refractivity contribution in [1.29, 1.82) is 0 Å². The zero-order valence-electron chi connectivity index (χ0n) is 19.5. The average Bonchev–Trinajstić information content (AvgIpc) is 3.16. The Morgan fingerprint density at radius 3 is 2.26 bits per heavy atom. The van der Waals surface area contributed by atoms with Crippen molar-refractivity contribution in [2.24, 2.45) is 5.73 Å². The minimum atomic E-state index is -0.582. The molecule has 1 amide bonds. The first kappa shape index (κ1) is 25.9. The zero-order valence-corrected chi connectivity index (χ0v) is 21.9. The molecule has 0 aromatic heterocycles. The fourth-order valence-electron chi connectivity index (χ4n) is 4.50. The number of hydrogen-bond donors (Lipinski definition) is 3. The number of benzene rings is 2. The van der Waals surface area contributed by atoms with E-state index in [4.69, 9.17) is 11.5 Å². The minimum Gasteiger partial charge on any atom is -0.394 e. The minimum absolute atomic E-state index is 0. The van der Waals surface area contributed by atoms with E-state index in [9.17, 15) is 14.4 Å². The lowest BCUT2D eigenvalue weighted by atomic mass is 9.86. The molecule has 9 heteroatoms. The van der Waals surface area contributed by atoms with E-state index < -0.39 is 16.3 Å². The number of amides is 1. The summed E-state index contributed by atoms with van der Waals surface area (Å²) in [5.74, 6) is 0.0700. The Balaban J connectivity index is 0.000000201. The summed E-state index contributed by atoms with van der Waals surface area (Å²) in [4.78, 5) is 36.5. The van der Waals surface area contributed by atoms with E-state index >= 15 is 0 Å². The smallest absolute Gasteiger partial charge is 0.253 e. The number of nitrogens with zero attached hydrogens (tertiary/aromatic N) is 1. The van der Waals surface area contributed by atoms with Crippen LogP contribution in [0.1, 0.15) is 44.4 Å². The Morgan fingerprint density at radius 2 is 1.65 bits per heavy atom. The van der Waals surface area contributed by atoms with Gasteiger partial charge in [-0.15, -0.1) is 12.4 Å². The molecule has 0 saturated heterocycles. The number of rotatable bonds is 2. The first-order valence-electron chi connectivity index (χ1n) is 10.7. The molecule has 0 radical (unpaired) electrons. The highest BCUT2D eigenvalue weighted by molar-refractivity contribution is 9.10. The molecule has 5 N–H and O–H groups in total. The number of nitrogens with one attached hydrogen (secondary N) is 1. The molecular weight excluding hydrogens is 520 g/mol. The van der Waals surface area contributed by atoms with Crippen molar-refractivity contribution in [3.05, 3.63) is 78.0 Å². The largest absolute Gasteiger partial charge is 0.394 e. The normalized spacial score (nSPS) is 16.8. The van der Waals surface area contributed by atoms with Crippen LogP contribution < -0.4 is 32.5 Å². The monoisotopic (exact) mass is 546 g/mol. The first-order chi connectivity index (χ1) is 15.4. The van der Waals surface area contributed by atoms with Crippen LogP contribution in [0.5, 0.6) is 0 Å². The molecule has 0 fully saturated rings. The van der Waals surface area contributed by atoms with Gasteiger partial charge in [-0.05, 0) is 48.7 Å². The van der Waals surface area contributed by atoms with Crippen LogP contribution in [-0.4, -0.2) is 12.5 Å². The second-order valence-electron chi connectivity index (χ2n) is 9.72. The fraction of sp³-hybridized carbons (Fsp3) is 0.320. The summed E-state index contributed by atoms with van der Waals surface area (Å²) in [6.45, 7) is 9.14. The van der Waals surface area contributed by atoms with E-state index in [-0.39, 0.29) is 29.4 Å². The number of hydrogen-bond acceptors (Lipinski definition) is 6. The summed E-state index contributed by atoms with van der Waals surface area (Å²) < 4.78 is 0.990. The molecule has 0 spiro atoms. The van der Waals surface area contributed by atoms with Gasteiger partial charge in [-0.3, -0.25) is 14.4 Å². The van der Waals surface area contributed by atoms with Gasteiger partial charge in [0.15, 0.2) is 0 Å². The quantitative estimate of drug-likeness (QED) is 0.419. The maximum Gasteiger partial charge on any atom is 0.253 e. The lowest BCUT2D eigenvalue weighted by Crippen LogP contribution is -2.41. The van der Waals surface area contributed by atoms with Crippen LogP contribution in [0.25, 0.3) is 0 Å². The third kappa shape index (κ3) is 4.04. The van der Waals surface area contributed by atoms with Crippen LogP contribution in [0.3, 0.4) is 0 Å². The molecule has 180 valence electrons. The Kier molecular flexibility index (Phi) is 6.74. The van der Waals surface area contributed by atoms with Crippen LogP contribution in [0, 0.1) is 0 Å². The molecule has 0 saturated carbocycles. The number of nitrogen functional groups attached to an aromatic ring is 1. The molecule has 3 aromatic carbocycles. The third-order valence-electron chi connectivity index (χ3n) is 6.53. The lowest BCUT2D eigenvalue weighted by molar-refractivity contribution is -0.119. The van der Waals surface area contributed by atoms with Crippen molar-refractivity contribution in [3.8, 4) is 0 Å². The van der Waals surface area contributed by atoms with Crippen LogP contribution in [0.2, 0.25) is 0 Å². The topological polar surface area (TPSA) is 119 Å². The first-order valence-corrected chi connectivity index (χ1v) is 11.5. The van der Waals surface area contributed by atoms with Crippen molar-refractivity contribution < 1.29 is 4.79 Å². The predicted octanol–water partition coefficient (Wildman–Crippen LogP) is 3.85. The van der Waals surface area contributed by atoms with E-state index in [1.807, 2.05) is 55.1 Å². The highest BCUT2D eigenvalue weighted by Crippen LogP contribution is 2.45. The molecule has 2 aliphatic heterocycles. The summed E-state index contributed by atoms with van der Waals surface area (Å²) in [5.41, 5.74) is 15.2. The van der Waals surface area contributed by atoms with Gasteiger partial charge in [0, 0.05) is 34.4 Å². The van der Waals surface area contributed by atoms with Crippen molar-refractivity contribution in [2.75, 3.05) is 22.5 Å². The summed E-state index contributed by atoms with van der Waals surface area (Å²) in [5, 5.41) is 2.86. The van der Waals surface area contributed by atoms with Gasteiger partial charge in [-0.2, -0.15) is 0 Å². The molecule has 3 aromatic rings. The molecule has 2 heterocycles. The van der Waals surface area contributed by atoms with E-state index in [1.165, 1.54) is 0 Å². The lowest BCUT2D eigenvalue weighted by Gasteiger charge is -2.24.